The number of rotatable bonds is 5. The summed E-state index contributed by atoms with van der Waals surface area (Å²) in [4.78, 5) is 18.9. The van der Waals surface area contributed by atoms with E-state index in [2.05, 4.69) is 52.9 Å². The molecule has 1 aliphatic heterocycles. The van der Waals surface area contributed by atoms with Gasteiger partial charge in [0.15, 0.2) is 0 Å². The third-order valence-electron chi connectivity index (χ3n) is 4.59. The Balaban J connectivity index is 1.79. The molecule has 148 valence electrons. The molecule has 1 fully saturated rings. The van der Waals surface area contributed by atoms with Gasteiger partial charge in [0.2, 0.25) is 5.13 Å². The molecule has 3 rings (SSSR count). The summed E-state index contributed by atoms with van der Waals surface area (Å²) >= 11 is 1.51. The number of aromatic nitrogens is 4. The SMILES string of the molecule is CCc1nsc(N2CCCN(c3cc(COC)nc(C(C)(C)C)n3)CC2)n1. The lowest BCUT2D eigenvalue weighted by Crippen LogP contribution is -2.32. The standard InChI is InChI=1S/C19H30N6OS/c1-6-15-21-18(27-23-15)25-9-7-8-24(10-11-25)16-12-14(13-26-5)20-17(22-16)19(2,3)4/h12H,6-11,13H2,1-5H3. The van der Waals surface area contributed by atoms with Crippen LogP contribution < -0.4 is 9.80 Å². The molecule has 0 N–H and O–H groups in total. The fourth-order valence-electron chi connectivity index (χ4n) is 3.06. The van der Waals surface area contributed by atoms with Gasteiger partial charge >= 0.3 is 0 Å². The zero-order valence-electron chi connectivity index (χ0n) is 17.0. The molecule has 0 aliphatic carbocycles. The molecule has 0 atom stereocenters. The van der Waals surface area contributed by atoms with E-state index in [1.807, 2.05) is 0 Å². The van der Waals surface area contributed by atoms with Crippen LogP contribution in [0.1, 0.15) is 51.5 Å². The third-order valence-corrected chi connectivity index (χ3v) is 5.41. The van der Waals surface area contributed by atoms with E-state index < -0.39 is 0 Å². The summed E-state index contributed by atoms with van der Waals surface area (Å²) in [7, 11) is 1.70. The lowest BCUT2D eigenvalue weighted by Gasteiger charge is -2.25. The zero-order valence-corrected chi connectivity index (χ0v) is 17.8. The van der Waals surface area contributed by atoms with E-state index in [9.17, 15) is 0 Å². The topological polar surface area (TPSA) is 67.3 Å². The predicted octanol–water partition coefficient (Wildman–Crippen LogP) is 3.05. The Bertz CT molecular complexity index is 757. The highest BCUT2D eigenvalue weighted by Crippen LogP contribution is 2.25. The summed E-state index contributed by atoms with van der Waals surface area (Å²) in [6.45, 7) is 12.8. The van der Waals surface area contributed by atoms with Crippen LogP contribution in [-0.2, 0) is 23.2 Å². The van der Waals surface area contributed by atoms with Gasteiger partial charge in [0.25, 0.3) is 0 Å². The molecule has 27 heavy (non-hydrogen) atoms. The van der Waals surface area contributed by atoms with Crippen molar-refractivity contribution in [3.8, 4) is 0 Å². The quantitative estimate of drug-likeness (QED) is 0.777. The number of methoxy groups -OCH3 is 1. The monoisotopic (exact) mass is 390 g/mol. The Morgan fingerprint density at radius 3 is 2.48 bits per heavy atom. The van der Waals surface area contributed by atoms with E-state index in [1.54, 1.807) is 7.11 Å². The minimum atomic E-state index is -0.0977. The maximum atomic E-state index is 5.32. The van der Waals surface area contributed by atoms with Crippen molar-refractivity contribution in [2.75, 3.05) is 43.1 Å². The van der Waals surface area contributed by atoms with E-state index in [1.165, 1.54) is 11.5 Å². The Morgan fingerprint density at radius 1 is 1.07 bits per heavy atom. The molecule has 2 aromatic heterocycles. The van der Waals surface area contributed by atoms with Crippen LogP contribution in [0.3, 0.4) is 0 Å². The molecule has 3 heterocycles. The van der Waals surface area contributed by atoms with Crippen molar-refractivity contribution in [2.24, 2.45) is 0 Å². The van der Waals surface area contributed by atoms with Crippen molar-refractivity contribution in [3.63, 3.8) is 0 Å². The predicted molar refractivity (Wildman–Crippen MR) is 110 cm³/mol. The van der Waals surface area contributed by atoms with Crippen LogP contribution >= 0.6 is 11.5 Å². The maximum Gasteiger partial charge on any atom is 0.205 e. The van der Waals surface area contributed by atoms with Crippen molar-refractivity contribution in [2.45, 2.75) is 52.6 Å². The fraction of sp³-hybridized carbons (Fsp3) is 0.684. The first-order chi connectivity index (χ1) is 12.9. The smallest absolute Gasteiger partial charge is 0.205 e. The van der Waals surface area contributed by atoms with Gasteiger partial charge in [-0.1, -0.05) is 27.7 Å². The van der Waals surface area contributed by atoms with E-state index in [0.717, 1.165) is 67.3 Å². The maximum absolute atomic E-state index is 5.32. The van der Waals surface area contributed by atoms with Crippen LogP contribution in [0.25, 0.3) is 0 Å². The highest BCUT2D eigenvalue weighted by Gasteiger charge is 2.23. The molecule has 0 unspecified atom stereocenters. The Kier molecular flexibility index (Phi) is 6.26. The van der Waals surface area contributed by atoms with Crippen molar-refractivity contribution in [1.82, 2.24) is 19.3 Å². The van der Waals surface area contributed by atoms with E-state index in [-0.39, 0.29) is 5.41 Å². The summed E-state index contributed by atoms with van der Waals surface area (Å²) in [6, 6.07) is 2.06. The Labute approximate surface area is 166 Å². The zero-order chi connectivity index (χ0) is 19.4. The van der Waals surface area contributed by atoms with Crippen LogP contribution in [0.5, 0.6) is 0 Å². The number of nitrogens with zero attached hydrogens (tertiary/aromatic N) is 6. The summed E-state index contributed by atoms with van der Waals surface area (Å²) in [6.07, 6.45) is 1.95. The molecule has 0 amide bonds. The molecule has 7 nitrogen and oxygen atoms in total. The van der Waals surface area contributed by atoms with Crippen molar-refractivity contribution in [3.05, 3.63) is 23.4 Å². The van der Waals surface area contributed by atoms with Crippen LogP contribution in [0.2, 0.25) is 0 Å². The molecular formula is C19H30N6OS. The second kappa shape index (κ2) is 8.48. The number of hydrogen-bond acceptors (Lipinski definition) is 8. The summed E-state index contributed by atoms with van der Waals surface area (Å²) in [5.74, 6) is 2.80. The van der Waals surface area contributed by atoms with E-state index in [4.69, 9.17) is 14.7 Å². The highest BCUT2D eigenvalue weighted by molar-refractivity contribution is 7.09. The van der Waals surface area contributed by atoms with Gasteiger partial charge < -0.3 is 14.5 Å². The Hall–Kier alpha value is -1.80. The molecular weight excluding hydrogens is 360 g/mol. The van der Waals surface area contributed by atoms with Gasteiger partial charge in [-0.15, -0.1) is 0 Å². The molecule has 0 radical (unpaired) electrons. The Morgan fingerprint density at radius 2 is 1.81 bits per heavy atom. The van der Waals surface area contributed by atoms with Crippen LogP contribution in [0.15, 0.2) is 6.07 Å². The van der Waals surface area contributed by atoms with Crippen LogP contribution in [0, 0.1) is 0 Å². The molecule has 0 bridgehead atoms. The summed E-state index contributed by atoms with van der Waals surface area (Å²) < 4.78 is 9.75. The van der Waals surface area contributed by atoms with Crippen molar-refractivity contribution in [1.29, 1.82) is 0 Å². The molecule has 2 aromatic rings. The minimum absolute atomic E-state index is 0.0977. The van der Waals surface area contributed by atoms with Gasteiger partial charge in [0.05, 0.1) is 12.3 Å². The molecule has 8 heteroatoms. The van der Waals surface area contributed by atoms with Gasteiger partial charge in [-0.05, 0) is 6.42 Å². The van der Waals surface area contributed by atoms with Crippen LogP contribution in [0.4, 0.5) is 10.9 Å². The molecule has 1 saturated heterocycles. The lowest BCUT2D eigenvalue weighted by molar-refractivity contribution is 0.181. The van der Waals surface area contributed by atoms with Gasteiger partial charge in [-0.2, -0.15) is 4.37 Å². The summed E-state index contributed by atoms with van der Waals surface area (Å²) in [5.41, 5.74) is 0.838. The fourth-order valence-corrected chi connectivity index (χ4v) is 3.86. The van der Waals surface area contributed by atoms with E-state index in [0.29, 0.717) is 6.61 Å². The van der Waals surface area contributed by atoms with Gasteiger partial charge in [0.1, 0.15) is 17.5 Å². The minimum Gasteiger partial charge on any atom is -0.378 e. The van der Waals surface area contributed by atoms with Gasteiger partial charge in [-0.25, -0.2) is 15.0 Å². The first-order valence-electron chi connectivity index (χ1n) is 9.60. The number of aryl methyl sites for hydroxylation is 1. The molecule has 0 spiro atoms. The average molecular weight is 391 g/mol. The number of ether oxygens (including phenoxy) is 1. The van der Waals surface area contributed by atoms with Crippen LogP contribution in [-0.4, -0.2) is 52.6 Å². The molecule has 1 aliphatic rings. The largest absolute Gasteiger partial charge is 0.378 e. The van der Waals surface area contributed by atoms with E-state index >= 15 is 0 Å². The normalized spacial score (nSPS) is 15.9. The highest BCUT2D eigenvalue weighted by atomic mass is 32.1. The third kappa shape index (κ3) is 4.93. The first-order valence-corrected chi connectivity index (χ1v) is 10.4. The summed E-state index contributed by atoms with van der Waals surface area (Å²) in [5, 5.41) is 1.03. The molecule has 0 saturated carbocycles. The average Bonchev–Trinajstić information content (AvgIpc) is 2.98. The second-order valence-electron chi connectivity index (χ2n) is 7.90. The van der Waals surface area contributed by atoms with Crippen molar-refractivity contribution >= 4 is 22.5 Å². The van der Waals surface area contributed by atoms with Gasteiger partial charge in [-0.3, -0.25) is 0 Å². The lowest BCUT2D eigenvalue weighted by atomic mass is 9.95. The molecule has 0 aromatic carbocycles. The second-order valence-corrected chi connectivity index (χ2v) is 8.63. The first kappa shape index (κ1) is 19.9. The number of anilines is 2. The van der Waals surface area contributed by atoms with Gasteiger partial charge in [0, 0.05) is 62.7 Å². The van der Waals surface area contributed by atoms with Crippen molar-refractivity contribution < 1.29 is 4.74 Å². The number of hydrogen-bond donors (Lipinski definition) is 0.